The van der Waals surface area contributed by atoms with Gasteiger partial charge < -0.3 is 10.4 Å². The van der Waals surface area contributed by atoms with E-state index in [-0.39, 0.29) is 5.91 Å². The summed E-state index contributed by atoms with van der Waals surface area (Å²) in [5.41, 5.74) is 0. The SMILES string of the molecule is CC(=O)NCCN(CC1CC2CCC1C2)C(C)C(=O)O. The molecule has 2 N–H and O–H groups in total. The van der Waals surface area contributed by atoms with Gasteiger partial charge in [-0.15, -0.1) is 0 Å². The van der Waals surface area contributed by atoms with Gasteiger partial charge in [0.25, 0.3) is 0 Å². The zero-order valence-corrected chi connectivity index (χ0v) is 12.5. The van der Waals surface area contributed by atoms with Gasteiger partial charge in [0.1, 0.15) is 6.04 Å². The van der Waals surface area contributed by atoms with Gasteiger partial charge in [0.2, 0.25) is 5.91 Å². The van der Waals surface area contributed by atoms with Gasteiger partial charge >= 0.3 is 5.97 Å². The second-order valence-corrected chi connectivity index (χ2v) is 6.43. The molecule has 2 saturated carbocycles. The lowest BCUT2D eigenvalue weighted by Gasteiger charge is -2.32. The van der Waals surface area contributed by atoms with Crippen LogP contribution >= 0.6 is 0 Å². The fourth-order valence-corrected chi connectivity index (χ4v) is 3.88. The van der Waals surface area contributed by atoms with E-state index in [4.69, 9.17) is 0 Å². The molecule has 2 rings (SSSR count). The molecular weight excluding hydrogens is 256 g/mol. The minimum Gasteiger partial charge on any atom is -0.480 e. The van der Waals surface area contributed by atoms with Crippen LogP contribution in [0.25, 0.3) is 0 Å². The molecule has 4 atom stereocenters. The maximum atomic E-state index is 11.2. The van der Waals surface area contributed by atoms with Crippen LogP contribution < -0.4 is 5.32 Å². The molecule has 0 spiro atoms. The van der Waals surface area contributed by atoms with Crippen LogP contribution in [0, 0.1) is 17.8 Å². The van der Waals surface area contributed by atoms with Crippen LogP contribution in [0.1, 0.15) is 39.5 Å². The zero-order valence-electron chi connectivity index (χ0n) is 12.5. The van der Waals surface area contributed by atoms with Gasteiger partial charge in [0.15, 0.2) is 0 Å². The monoisotopic (exact) mass is 282 g/mol. The number of aliphatic carboxylic acids is 1. The molecule has 2 fully saturated rings. The average Bonchev–Trinajstić information content (AvgIpc) is 2.98. The number of nitrogens with zero attached hydrogens (tertiary/aromatic N) is 1. The molecule has 1 amide bonds. The molecule has 2 aliphatic carbocycles. The zero-order chi connectivity index (χ0) is 14.7. The molecule has 0 saturated heterocycles. The highest BCUT2D eigenvalue weighted by molar-refractivity contribution is 5.73. The van der Waals surface area contributed by atoms with Crippen molar-refractivity contribution in [1.29, 1.82) is 0 Å². The van der Waals surface area contributed by atoms with E-state index in [1.54, 1.807) is 6.92 Å². The topological polar surface area (TPSA) is 69.6 Å². The Hall–Kier alpha value is -1.10. The Morgan fingerprint density at radius 2 is 2.10 bits per heavy atom. The van der Waals surface area contributed by atoms with Gasteiger partial charge in [-0.1, -0.05) is 6.42 Å². The molecule has 2 bridgehead atoms. The van der Waals surface area contributed by atoms with Crippen LogP contribution in [-0.2, 0) is 9.59 Å². The fourth-order valence-electron chi connectivity index (χ4n) is 3.88. The van der Waals surface area contributed by atoms with Gasteiger partial charge in [0, 0.05) is 26.6 Å². The Morgan fingerprint density at radius 1 is 1.35 bits per heavy atom. The van der Waals surface area contributed by atoms with Crippen molar-refractivity contribution in [3.63, 3.8) is 0 Å². The number of carboxylic acids is 1. The number of fused-ring (bicyclic) bond motifs is 2. The van der Waals surface area contributed by atoms with Crippen LogP contribution in [0.3, 0.4) is 0 Å². The van der Waals surface area contributed by atoms with E-state index in [1.165, 1.54) is 32.6 Å². The summed E-state index contributed by atoms with van der Waals surface area (Å²) in [7, 11) is 0. The fraction of sp³-hybridized carbons (Fsp3) is 0.867. The van der Waals surface area contributed by atoms with E-state index >= 15 is 0 Å². The second kappa shape index (κ2) is 6.57. The molecule has 0 aliphatic heterocycles. The average molecular weight is 282 g/mol. The number of carboxylic acid groups (broad SMARTS) is 1. The van der Waals surface area contributed by atoms with E-state index < -0.39 is 12.0 Å². The third kappa shape index (κ3) is 3.72. The smallest absolute Gasteiger partial charge is 0.320 e. The van der Waals surface area contributed by atoms with Gasteiger partial charge in [-0.2, -0.15) is 0 Å². The van der Waals surface area contributed by atoms with Crippen LogP contribution in [0.15, 0.2) is 0 Å². The highest BCUT2D eigenvalue weighted by Gasteiger charge is 2.40. The van der Waals surface area contributed by atoms with E-state index in [2.05, 4.69) is 5.32 Å². The summed E-state index contributed by atoms with van der Waals surface area (Å²) in [6, 6.07) is -0.483. The molecule has 5 heteroatoms. The maximum absolute atomic E-state index is 11.2. The second-order valence-electron chi connectivity index (χ2n) is 6.43. The predicted molar refractivity (Wildman–Crippen MR) is 76.3 cm³/mol. The van der Waals surface area contributed by atoms with E-state index in [9.17, 15) is 14.7 Å². The van der Waals surface area contributed by atoms with Crippen LogP contribution in [-0.4, -0.2) is 47.6 Å². The normalized spacial score (nSPS) is 29.6. The standard InChI is InChI=1S/C15H26N2O3/c1-10(15(19)20)17(6-5-16-11(2)18)9-14-8-12-3-4-13(14)7-12/h10,12-14H,3-9H2,1-2H3,(H,16,18)(H,19,20). The summed E-state index contributed by atoms with van der Waals surface area (Å²) in [5.74, 6) is 1.48. The molecule has 2 aliphatic rings. The molecular formula is C15H26N2O3. The Kier molecular flexibility index (Phi) is 5.02. The van der Waals surface area contributed by atoms with Crippen molar-refractivity contribution in [1.82, 2.24) is 10.2 Å². The molecule has 4 unspecified atom stereocenters. The number of carbonyl (C=O) groups is 2. The number of rotatable bonds is 7. The number of amides is 1. The first kappa shape index (κ1) is 15.3. The summed E-state index contributed by atoms with van der Waals surface area (Å²) in [6.45, 7) is 5.22. The van der Waals surface area contributed by atoms with Crippen LogP contribution in [0.2, 0.25) is 0 Å². The summed E-state index contributed by atoms with van der Waals surface area (Å²) >= 11 is 0. The number of hydrogen-bond acceptors (Lipinski definition) is 3. The van der Waals surface area contributed by atoms with E-state index in [0.717, 1.165) is 18.4 Å². The van der Waals surface area contributed by atoms with Crippen molar-refractivity contribution < 1.29 is 14.7 Å². The lowest BCUT2D eigenvalue weighted by Crippen LogP contribution is -2.46. The number of nitrogens with one attached hydrogen (secondary N) is 1. The van der Waals surface area contributed by atoms with Crippen molar-refractivity contribution in [2.75, 3.05) is 19.6 Å². The van der Waals surface area contributed by atoms with E-state index in [0.29, 0.717) is 19.0 Å². The lowest BCUT2D eigenvalue weighted by atomic mass is 9.88. The summed E-state index contributed by atoms with van der Waals surface area (Å²) in [6.07, 6.45) is 5.27. The molecule has 0 aromatic heterocycles. The molecule has 0 heterocycles. The molecule has 0 radical (unpaired) electrons. The van der Waals surface area contributed by atoms with Crippen molar-refractivity contribution in [3.8, 4) is 0 Å². The Labute approximate surface area is 120 Å². The minimum absolute atomic E-state index is 0.0622. The molecule has 20 heavy (non-hydrogen) atoms. The lowest BCUT2D eigenvalue weighted by molar-refractivity contribution is -0.142. The summed E-state index contributed by atoms with van der Waals surface area (Å²) < 4.78 is 0. The molecule has 5 nitrogen and oxygen atoms in total. The van der Waals surface area contributed by atoms with Gasteiger partial charge in [0.05, 0.1) is 0 Å². The third-order valence-electron chi connectivity index (χ3n) is 5.03. The first-order chi connectivity index (χ1) is 9.47. The Bertz CT molecular complexity index is 372. The minimum atomic E-state index is -0.781. The van der Waals surface area contributed by atoms with E-state index in [1.807, 2.05) is 4.90 Å². The molecule has 114 valence electrons. The quantitative estimate of drug-likeness (QED) is 0.739. The predicted octanol–water partition coefficient (Wildman–Crippen LogP) is 1.33. The van der Waals surface area contributed by atoms with Crippen LogP contribution in [0.4, 0.5) is 0 Å². The highest BCUT2D eigenvalue weighted by Crippen LogP contribution is 2.48. The highest BCUT2D eigenvalue weighted by atomic mass is 16.4. The van der Waals surface area contributed by atoms with Gasteiger partial charge in [-0.05, 0) is 43.9 Å². The maximum Gasteiger partial charge on any atom is 0.320 e. The number of hydrogen-bond donors (Lipinski definition) is 2. The summed E-state index contributed by atoms with van der Waals surface area (Å²) in [5, 5.41) is 12.0. The van der Waals surface area contributed by atoms with Crippen LogP contribution in [0.5, 0.6) is 0 Å². The van der Waals surface area contributed by atoms with Crippen molar-refractivity contribution in [3.05, 3.63) is 0 Å². The Balaban J connectivity index is 1.88. The molecule has 0 aromatic rings. The van der Waals surface area contributed by atoms with Crippen molar-refractivity contribution in [2.45, 2.75) is 45.6 Å². The first-order valence-corrected chi connectivity index (χ1v) is 7.68. The largest absolute Gasteiger partial charge is 0.480 e. The van der Waals surface area contributed by atoms with Crippen molar-refractivity contribution in [2.24, 2.45) is 17.8 Å². The Morgan fingerprint density at radius 3 is 2.60 bits per heavy atom. The van der Waals surface area contributed by atoms with Crippen molar-refractivity contribution >= 4 is 11.9 Å². The first-order valence-electron chi connectivity index (χ1n) is 7.68. The van der Waals surface area contributed by atoms with Gasteiger partial charge in [-0.3, -0.25) is 14.5 Å². The molecule has 0 aromatic carbocycles. The number of carbonyl (C=O) groups excluding carboxylic acids is 1. The third-order valence-corrected chi connectivity index (χ3v) is 5.03. The summed E-state index contributed by atoms with van der Waals surface area (Å²) in [4.78, 5) is 24.2. The van der Waals surface area contributed by atoms with Gasteiger partial charge in [-0.25, -0.2) is 0 Å².